The van der Waals surface area contributed by atoms with E-state index in [0.29, 0.717) is 5.75 Å². The molecule has 3 heteroatoms. The van der Waals surface area contributed by atoms with E-state index in [1.54, 1.807) is 24.3 Å². The van der Waals surface area contributed by atoms with Crippen molar-refractivity contribution in [3.05, 3.63) is 59.4 Å². The summed E-state index contributed by atoms with van der Waals surface area (Å²) in [6.45, 7) is 2.12. The van der Waals surface area contributed by atoms with Crippen LogP contribution >= 0.6 is 0 Å². The maximum Gasteiger partial charge on any atom is 0.161 e. The van der Waals surface area contributed by atoms with Crippen LogP contribution in [-0.2, 0) is 6.61 Å². The van der Waals surface area contributed by atoms with Gasteiger partial charge < -0.3 is 9.84 Å². The number of aryl methyl sites for hydroxylation is 1. The summed E-state index contributed by atoms with van der Waals surface area (Å²) in [6.07, 6.45) is 0. The summed E-state index contributed by atoms with van der Waals surface area (Å²) in [7, 11) is 0. The molecule has 2 nitrogen and oxygen atoms in total. The molecule has 1 N–H and O–H groups in total. The molecule has 17 heavy (non-hydrogen) atoms. The zero-order valence-electron chi connectivity index (χ0n) is 9.48. The largest absolute Gasteiger partial charge is 0.504 e. The van der Waals surface area contributed by atoms with Crippen molar-refractivity contribution in [1.29, 1.82) is 0 Å². The second kappa shape index (κ2) is 4.87. The molecular formula is C14H13FO2. The molecule has 0 bridgehead atoms. The maximum absolute atomic E-state index is 12.9. The number of phenolic OH excluding ortho intramolecular Hbond substituents is 1. The summed E-state index contributed by atoms with van der Waals surface area (Å²) >= 11 is 0. The lowest BCUT2D eigenvalue weighted by Gasteiger charge is -2.08. The van der Waals surface area contributed by atoms with Crippen LogP contribution < -0.4 is 4.74 Å². The van der Waals surface area contributed by atoms with Gasteiger partial charge in [-0.05, 0) is 42.3 Å². The summed E-state index contributed by atoms with van der Waals surface area (Å²) < 4.78 is 18.3. The standard InChI is InChI=1S/C14H13FO2/c1-10-5-6-14(13(16)7-10)17-9-11-3-2-4-12(15)8-11/h2-8,16H,9H2,1H3. The van der Waals surface area contributed by atoms with E-state index in [1.807, 2.05) is 13.0 Å². The number of aromatic hydroxyl groups is 1. The molecular weight excluding hydrogens is 219 g/mol. The molecule has 0 radical (unpaired) electrons. The highest BCUT2D eigenvalue weighted by atomic mass is 19.1. The Bertz CT molecular complexity index is 523. The molecule has 0 fully saturated rings. The molecule has 2 aromatic carbocycles. The van der Waals surface area contributed by atoms with Crippen LogP contribution in [0.5, 0.6) is 11.5 Å². The molecule has 0 saturated carbocycles. The van der Waals surface area contributed by atoms with Gasteiger partial charge in [0.25, 0.3) is 0 Å². The molecule has 2 rings (SSSR count). The minimum atomic E-state index is -0.292. The minimum Gasteiger partial charge on any atom is -0.504 e. The molecule has 0 heterocycles. The molecule has 2 aromatic rings. The summed E-state index contributed by atoms with van der Waals surface area (Å²) in [4.78, 5) is 0. The van der Waals surface area contributed by atoms with Gasteiger partial charge in [-0.3, -0.25) is 0 Å². The maximum atomic E-state index is 12.9. The molecule has 0 aliphatic carbocycles. The van der Waals surface area contributed by atoms with Crippen LogP contribution in [0.3, 0.4) is 0 Å². The Hall–Kier alpha value is -2.03. The lowest BCUT2D eigenvalue weighted by molar-refractivity contribution is 0.288. The Labute approximate surface area is 99.3 Å². The van der Waals surface area contributed by atoms with Crippen molar-refractivity contribution in [2.75, 3.05) is 0 Å². The number of phenols is 1. The van der Waals surface area contributed by atoms with Gasteiger partial charge in [-0.1, -0.05) is 18.2 Å². The van der Waals surface area contributed by atoms with E-state index in [4.69, 9.17) is 4.74 Å². The predicted octanol–water partition coefficient (Wildman–Crippen LogP) is 3.42. The Morgan fingerprint density at radius 1 is 1.18 bits per heavy atom. The number of benzene rings is 2. The molecule has 0 spiro atoms. The van der Waals surface area contributed by atoms with Crippen molar-refractivity contribution in [3.63, 3.8) is 0 Å². The Morgan fingerprint density at radius 3 is 2.71 bits per heavy atom. The van der Waals surface area contributed by atoms with Crippen molar-refractivity contribution in [2.45, 2.75) is 13.5 Å². The van der Waals surface area contributed by atoms with Crippen LogP contribution in [0, 0.1) is 12.7 Å². The molecule has 0 aliphatic heterocycles. The van der Waals surface area contributed by atoms with E-state index >= 15 is 0 Å². The number of rotatable bonds is 3. The van der Waals surface area contributed by atoms with Crippen molar-refractivity contribution < 1.29 is 14.2 Å². The average Bonchev–Trinajstić information content (AvgIpc) is 2.28. The molecule has 0 aromatic heterocycles. The fourth-order valence-electron chi connectivity index (χ4n) is 1.54. The summed E-state index contributed by atoms with van der Waals surface area (Å²) in [5.74, 6) is 0.209. The van der Waals surface area contributed by atoms with Gasteiger partial charge in [0, 0.05) is 0 Å². The van der Waals surface area contributed by atoms with Gasteiger partial charge in [0.1, 0.15) is 12.4 Å². The van der Waals surface area contributed by atoms with E-state index in [1.165, 1.54) is 12.1 Å². The van der Waals surface area contributed by atoms with Crippen LogP contribution in [0.1, 0.15) is 11.1 Å². The van der Waals surface area contributed by atoms with Crippen LogP contribution in [0.15, 0.2) is 42.5 Å². The average molecular weight is 232 g/mol. The Kier molecular flexibility index (Phi) is 3.28. The Morgan fingerprint density at radius 2 is 2.00 bits per heavy atom. The summed E-state index contributed by atoms with van der Waals surface area (Å²) in [5.41, 5.74) is 1.69. The third-order valence-electron chi connectivity index (χ3n) is 2.40. The van der Waals surface area contributed by atoms with Gasteiger partial charge in [-0.25, -0.2) is 4.39 Å². The molecule has 0 atom stereocenters. The molecule has 88 valence electrons. The summed E-state index contributed by atoms with van der Waals surface area (Å²) in [6, 6.07) is 11.4. The van der Waals surface area contributed by atoms with Crippen LogP contribution in [0.4, 0.5) is 4.39 Å². The van der Waals surface area contributed by atoms with Gasteiger partial charge in [-0.2, -0.15) is 0 Å². The zero-order valence-corrected chi connectivity index (χ0v) is 9.48. The first-order valence-electron chi connectivity index (χ1n) is 5.32. The second-order valence-corrected chi connectivity index (χ2v) is 3.89. The highest BCUT2D eigenvalue weighted by Gasteiger charge is 2.03. The number of halogens is 1. The predicted molar refractivity (Wildman–Crippen MR) is 63.6 cm³/mol. The Balaban J connectivity index is 2.07. The third-order valence-corrected chi connectivity index (χ3v) is 2.40. The topological polar surface area (TPSA) is 29.5 Å². The van der Waals surface area contributed by atoms with Crippen LogP contribution in [-0.4, -0.2) is 5.11 Å². The number of hydrogen-bond donors (Lipinski definition) is 1. The van der Waals surface area contributed by atoms with E-state index in [-0.39, 0.29) is 18.2 Å². The lowest BCUT2D eigenvalue weighted by Crippen LogP contribution is -1.96. The summed E-state index contributed by atoms with van der Waals surface area (Å²) in [5, 5.41) is 9.62. The van der Waals surface area contributed by atoms with E-state index in [2.05, 4.69) is 0 Å². The van der Waals surface area contributed by atoms with E-state index in [9.17, 15) is 9.50 Å². The van der Waals surface area contributed by atoms with Crippen molar-refractivity contribution in [2.24, 2.45) is 0 Å². The number of ether oxygens (including phenoxy) is 1. The van der Waals surface area contributed by atoms with Gasteiger partial charge in [-0.15, -0.1) is 0 Å². The minimum absolute atomic E-state index is 0.0985. The fraction of sp³-hybridized carbons (Fsp3) is 0.143. The van der Waals surface area contributed by atoms with E-state index < -0.39 is 0 Å². The molecule has 0 aliphatic rings. The third kappa shape index (κ3) is 2.97. The van der Waals surface area contributed by atoms with Gasteiger partial charge in [0.15, 0.2) is 11.5 Å². The first-order valence-corrected chi connectivity index (χ1v) is 5.32. The number of hydrogen-bond acceptors (Lipinski definition) is 2. The second-order valence-electron chi connectivity index (χ2n) is 3.89. The van der Waals surface area contributed by atoms with Crippen LogP contribution in [0.2, 0.25) is 0 Å². The van der Waals surface area contributed by atoms with Crippen molar-refractivity contribution in [1.82, 2.24) is 0 Å². The van der Waals surface area contributed by atoms with Gasteiger partial charge >= 0.3 is 0 Å². The molecule has 0 saturated heterocycles. The SMILES string of the molecule is Cc1ccc(OCc2cccc(F)c2)c(O)c1. The quantitative estimate of drug-likeness (QED) is 0.878. The van der Waals surface area contributed by atoms with Gasteiger partial charge in [0.05, 0.1) is 0 Å². The first-order chi connectivity index (χ1) is 8.15. The highest BCUT2D eigenvalue weighted by Crippen LogP contribution is 2.27. The van der Waals surface area contributed by atoms with Crippen LogP contribution in [0.25, 0.3) is 0 Å². The van der Waals surface area contributed by atoms with Crippen molar-refractivity contribution in [3.8, 4) is 11.5 Å². The highest BCUT2D eigenvalue weighted by molar-refractivity contribution is 5.41. The zero-order chi connectivity index (χ0) is 12.3. The molecule has 0 amide bonds. The smallest absolute Gasteiger partial charge is 0.161 e. The molecule has 0 unspecified atom stereocenters. The fourth-order valence-corrected chi connectivity index (χ4v) is 1.54. The van der Waals surface area contributed by atoms with Gasteiger partial charge in [0.2, 0.25) is 0 Å². The van der Waals surface area contributed by atoms with E-state index in [0.717, 1.165) is 11.1 Å². The normalized spacial score (nSPS) is 10.2. The first kappa shape index (κ1) is 11.5. The monoisotopic (exact) mass is 232 g/mol. The lowest BCUT2D eigenvalue weighted by atomic mass is 10.2. The van der Waals surface area contributed by atoms with Crippen molar-refractivity contribution >= 4 is 0 Å².